The van der Waals surface area contributed by atoms with Crippen LogP contribution in [0.2, 0.25) is 0 Å². The second kappa shape index (κ2) is 6.08. The molecule has 0 amide bonds. The second-order valence-electron chi connectivity index (χ2n) is 4.43. The van der Waals surface area contributed by atoms with Crippen LogP contribution < -0.4 is 10.0 Å². The summed E-state index contributed by atoms with van der Waals surface area (Å²) >= 11 is 1.27. The maximum atomic E-state index is 13.7. The third kappa shape index (κ3) is 3.39. The third-order valence-electron chi connectivity index (χ3n) is 2.82. The molecule has 21 heavy (non-hydrogen) atoms. The fourth-order valence-corrected chi connectivity index (χ4v) is 4.30. The number of anilines is 1. The number of aryl methyl sites for hydroxylation is 1. The van der Waals surface area contributed by atoms with Crippen molar-refractivity contribution in [3.63, 3.8) is 0 Å². The summed E-state index contributed by atoms with van der Waals surface area (Å²) in [6, 6.07) is 3.23. The predicted molar refractivity (Wildman–Crippen MR) is 79.0 cm³/mol. The number of sulfonamides is 1. The molecule has 2 N–H and O–H groups in total. The Kier molecular flexibility index (Phi) is 4.60. The summed E-state index contributed by atoms with van der Waals surface area (Å²) in [5.41, 5.74) is -0.290. The van der Waals surface area contributed by atoms with Gasteiger partial charge in [-0.2, -0.15) is 0 Å². The van der Waals surface area contributed by atoms with E-state index in [2.05, 4.69) is 10.0 Å². The molecule has 8 heteroatoms. The average molecular weight is 332 g/mol. The monoisotopic (exact) mass is 332 g/mol. The van der Waals surface area contributed by atoms with Gasteiger partial charge in [0.25, 0.3) is 10.0 Å². The van der Waals surface area contributed by atoms with Gasteiger partial charge in [0.1, 0.15) is 16.5 Å². The van der Waals surface area contributed by atoms with Gasteiger partial charge in [0.2, 0.25) is 0 Å². The molecule has 114 valence electrons. The molecule has 1 aromatic heterocycles. The van der Waals surface area contributed by atoms with Crippen LogP contribution in [-0.4, -0.2) is 15.5 Å². The molecule has 0 aliphatic heterocycles. The van der Waals surface area contributed by atoms with Crippen LogP contribution in [0, 0.1) is 18.6 Å². The summed E-state index contributed by atoms with van der Waals surface area (Å²) in [5, 5.41) is 4.49. The molecule has 4 nitrogen and oxygen atoms in total. The first kappa shape index (κ1) is 15.9. The zero-order chi connectivity index (χ0) is 15.6. The van der Waals surface area contributed by atoms with Gasteiger partial charge in [-0.25, -0.2) is 17.2 Å². The number of hydrogen-bond donors (Lipinski definition) is 2. The van der Waals surface area contributed by atoms with Crippen molar-refractivity contribution in [1.29, 1.82) is 0 Å². The highest BCUT2D eigenvalue weighted by atomic mass is 32.2. The van der Waals surface area contributed by atoms with Crippen molar-refractivity contribution in [2.75, 3.05) is 11.8 Å². The molecule has 0 saturated carbocycles. The van der Waals surface area contributed by atoms with Crippen LogP contribution in [0.4, 0.5) is 14.5 Å². The van der Waals surface area contributed by atoms with Crippen LogP contribution in [-0.2, 0) is 16.6 Å². The van der Waals surface area contributed by atoms with E-state index in [1.165, 1.54) is 24.3 Å². The fraction of sp³-hybridized carbons (Fsp3) is 0.231. The molecule has 2 rings (SSSR count). The molecule has 0 aliphatic rings. The standard InChI is InChI=1S/C13H14F2N2O2S2/c1-8-5-10(15)11(6-9(8)14)17-21(18,19)13-3-4-20-12(13)7-16-2/h3-6,16-17H,7H2,1-2H3. The lowest BCUT2D eigenvalue weighted by molar-refractivity contribution is 0.590. The molecule has 0 aliphatic carbocycles. The summed E-state index contributed by atoms with van der Waals surface area (Å²) in [4.78, 5) is 0.653. The number of hydrogen-bond acceptors (Lipinski definition) is 4. The van der Waals surface area contributed by atoms with Crippen molar-refractivity contribution < 1.29 is 17.2 Å². The largest absolute Gasteiger partial charge is 0.315 e. The van der Waals surface area contributed by atoms with Crippen LogP contribution in [0.3, 0.4) is 0 Å². The Morgan fingerprint density at radius 1 is 1.24 bits per heavy atom. The van der Waals surface area contributed by atoms with Crippen molar-refractivity contribution in [3.05, 3.63) is 45.7 Å². The van der Waals surface area contributed by atoms with Crippen molar-refractivity contribution in [2.24, 2.45) is 0 Å². The Labute approximate surface area is 125 Å². The average Bonchev–Trinajstić information content (AvgIpc) is 2.85. The fourth-order valence-electron chi connectivity index (χ4n) is 1.78. The van der Waals surface area contributed by atoms with E-state index in [9.17, 15) is 17.2 Å². The summed E-state index contributed by atoms with van der Waals surface area (Å²) in [6.45, 7) is 1.78. The molecule has 0 saturated heterocycles. The number of rotatable bonds is 5. The second-order valence-corrected chi connectivity index (χ2v) is 7.08. The number of halogens is 2. The zero-order valence-corrected chi connectivity index (χ0v) is 13.0. The Morgan fingerprint density at radius 3 is 2.62 bits per heavy atom. The number of benzene rings is 1. The summed E-state index contributed by atoms with van der Waals surface area (Å²) < 4.78 is 53.9. The lowest BCUT2D eigenvalue weighted by Crippen LogP contribution is -2.16. The maximum Gasteiger partial charge on any atom is 0.263 e. The highest BCUT2D eigenvalue weighted by Gasteiger charge is 2.21. The first-order chi connectivity index (χ1) is 9.85. The van der Waals surface area contributed by atoms with Gasteiger partial charge >= 0.3 is 0 Å². The van der Waals surface area contributed by atoms with Gasteiger partial charge in [0, 0.05) is 17.5 Å². The van der Waals surface area contributed by atoms with Crippen LogP contribution in [0.1, 0.15) is 10.4 Å². The van der Waals surface area contributed by atoms with Crippen LogP contribution in [0.25, 0.3) is 0 Å². The van der Waals surface area contributed by atoms with Gasteiger partial charge in [-0.1, -0.05) is 0 Å². The first-order valence-electron chi connectivity index (χ1n) is 6.04. The minimum atomic E-state index is -3.96. The maximum absolute atomic E-state index is 13.7. The van der Waals surface area contributed by atoms with Gasteiger partial charge in [-0.05, 0) is 37.0 Å². The molecular weight excluding hydrogens is 318 g/mol. The highest BCUT2D eigenvalue weighted by molar-refractivity contribution is 7.93. The topological polar surface area (TPSA) is 58.2 Å². The molecule has 0 atom stereocenters. The van der Waals surface area contributed by atoms with Crippen molar-refractivity contribution in [2.45, 2.75) is 18.4 Å². The third-order valence-corrected chi connectivity index (χ3v) is 5.32. The smallest absolute Gasteiger partial charge is 0.263 e. The Bertz CT molecular complexity index is 758. The molecule has 0 fully saturated rings. The quantitative estimate of drug-likeness (QED) is 0.885. The normalized spacial score (nSPS) is 11.6. The molecule has 0 spiro atoms. The van der Waals surface area contributed by atoms with Crippen molar-refractivity contribution in [1.82, 2.24) is 5.32 Å². The van der Waals surface area contributed by atoms with Gasteiger partial charge in [-0.15, -0.1) is 11.3 Å². The Hall–Kier alpha value is -1.51. The van der Waals surface area contributed by atoms with E-state index in [0.29, 0.717) is 11.4 Å². The van der Waals surface area contributed by atoms with Crippen LogP contribution in [0.15, 0.2) is 28.5 Å². The summed E-state index contributed by atoms with van der Waals surface area (Å²) in [6.07, 6.45) is 0. The molecule has 0 radical (unpaired) electrons. The zero-order valence-electron chi connectivity index (χ0n) is 11.4. The molecule has 1 heterocycles. The molecular formula is C13H14F2N2O2S2. The van der Waals surface area contributed by atoms with Gasteiger partial charge in [0.15, 0.2) is 0 Å². The molecule has 0 bridgehead atoms. The molecule has 0 unspecified atom stereocenters. The van der Waals surface area contributed by atoms with E-state index in [4.69, 9.17) is 0 Å². The molecule has 2 aromatic rings. The number of nitrogens with one attached hydrogen (secondary N) is 2. The minimum Gasteiger partial charge on any atom is -0.315 e. The van der Waals surface area contributed by atoms with Crippen molar-refractivity contribution in [3.8, 4) is 0 Å². The summed E-state index contributed by atoms with van der Waals surface area (Å²) in [7, 11) is -2.27. The number of thiophene rings is 1. The van der Waals surface area contributed by atoms with Gasteiger partial charge < -0.3 is 5.32 Å². The van der Waals surface area contributed by atoms with E-state index in [0.717, 1.165) is 12.1 Å². The van der Waals surface area contributed by atoms with E-state index < -0.39 is 27.3 Å². The van der Waals surface area contributed by atoms with Crippen LogP contribution in [0.5, 0.6) is 0 Å². The summed E-state index contributed by atoms with van der Waals surface area (Å²) in [5.74, 6) is -1.49. The van der Waals surface area contributed by atoms with Crippen molar-refractivity contribution >= 4 is 27.0 Å². The first-order valence-corrected chi connectivity index (χ1v) is 8.41. The van der Waals surface area contributed by atoms with Crippen LogP contribution >= 0.6 is 11.3 Å². The van der Waals surface area contributed by atoms with E-state index in [-0.39, 0.29) is 10.5 Å². The SMILES string of the molecule is CNCc1sccc1S(=O)(=O)Nc1cc(F)c(C)cc1F. The highest BCUT2D eigenvalue weighted by Crippen LogP contribution is 2.26. The lowest BCUT2D eigenvalue weighted by Gasteiger charge is -2.10. The van der Waals surface area contributed by atoms with E-state index in [1.807, 2.05) is 0 Å². The van der Waals surface area contributed by atoms with E-state index in [1.54, 1.807) is 12.4 Å². The minimum absolute atomic E-state index is 0.0576. The predicted octanol–water partition coefficient (Wildman–Crippen LogP) is 2.85. The van der Waals surface area contributed by atoms with Gasteiger partial charge in [0.05, 0.1) is 5.69 Å². The Morgan fingerprint density at radius 2 is 1.95 bits per heavy atom. The Balaban J connectivity index is 2.38. The molecule has 1 aromatic carbocycles. The lowest BCUT2D eigenvalue weighted by atomic mass is 10.2. The van der Waals surface area contributed by atoms with E-state index >= 15 is 0 Å². The van der Waals surface area contributed by atoms with Gasteiger partial charge in [-0.3, -0.25) is 4.72 Å².